The van der Waals surface area contributed by atoms with Gasteiger partial charge in [0.15, 0.2) is 0 Å². The standard InChI is InChI=1S/C15H14BrClN2O2/c1-9(2)21-13-5-3-10(16)7-12(13)15(20)19-11-4-6-14(17)18-8-11/h3-9H,1-2H3,(H,19,20). The second-order valence-corrected chi connectivity index (χ2v) is 5.93. The van der Waals surface area contributed by atoms with E-state index in [1.54, 1.807) is 24.3 Å². The van der Waals surface area contributed by atoms with Gasteiger partial charge in [-0.15, -0.1) is 0 Å². The van der Waals surface area contributed by atoms with Crippen molar-refractivity contribution in [2.45, 2.75) is 20.0 Å². The van der Waals surface area contributed by atoms with Crippen LogP contribution in [-0.4, -0.2) is 17.0 Å². The van der Waals surface area contributed by atoms with Gasteiger partial charge in [0.1, 0.15) is 10.9 Å². The molecule has 0 bridgehead atoms. The van der Waals surface area contributed by atoms with Gasteiger partial charge in [-0.05, 0) is 44.2 Å². The Morgan fingerprint density at radius 1 is 1.33 bits per heavy atom. The van der Waals surface area contributed by atoms with Gasteiger partial charge in [-0.2, -0.15) is 0 Å². The third kappa shape index (κ3) is 4.44. The van der Waals surface area contributed by atoms with Crippen LogP contribution in [0.3, 0.4) is 0 Å². The molecule has 0 unspecified atom stereocenters. The average molecular weight is 370 g/mol. The predicted molar refractivity (Wildman–Crippen MR) is 87.1 cm³/mol. The first-order valence-electron chi connectivity index (χ1n) is 6.35. The van der Waals surface area contributed by atoms with Gasteiger partial charge in [-0.25, -0.2) is 4.98 Å². The summed E-state index contributed by atoms with van der Waals surface area (Å²) in [6.07, 6.45) is 1.48. The van der Waals surface area contributed by atoms with Crippen LogP contribution in [0.1, 0.15) is 24.2 Å². The third-order valence-corrected chi connectivity index (χ3v) is 3.25. The molecule has 0 radical (unpaired) electrons. The largest absolute Gasteiger partial charge is 0.490 e. The van der Waals surface area contributed by atoms with E-state index in [4.69, 9.17) is 16.3 Å². The van der Waals surface area contributed by atoms with Crippen molar-refractivity contribution in [2.75, 3.05) is 5.32 Å². The van der Waals surface area contributed by atoms with Gasteiger partial charge >= 0.3 is 0 Å². The van der Waals surface area contributed by atoms with Crippen molar-refractivity contribution in [1.82, 2.24) is 4.98 Å². The van der Waals surface area contributed by atoms with Crippen LogP contribution in [0.25, 0.3) is 0 Å². The van der Waals surface area contributed by atoms with Crippen LogP contribution in [-0.2, 0) is 0 Å². The number of carbonyl (C=O) groups is 1. The first kappa shape index (κ1) is 15.8. The number of nitrogens with one attached hydrogen (secondary N) is 1. The zero-order valence-corrected chi connectivity index (χ0v) is 13.9. The second-order valence-electron chi connectivity index (χ2n) is 4.63. The summed E-state index contributed by atoms with van der Waals surface area (Å²) in [6.45, 7) is 3.82. The number of amides is 1. The Bertz CT molecular complexity index is 645. The quantitative estimate of drug-likeness (QED) is 0.805. The number of hydrogen-bond donors (Lipinski definition) is 1. The highest BCUT2D eigenvalue weighted by molar-refractivity contribution is 9.10. The Morgan fingerprint density at radius 3 is 2.71 bits per heavy atom. The Kier molecular flexibility index (Phi) is 5.20. The van der Waals surface area contributed by atoms with Crippen molar-refractivity contribution in [1.29, 1.82) is 0 Å². The molecule has 1 N–H and O–H groups in total. The van der Waals surface area contributed by atoms with Gasteiger partial charge in [0.25, 0.3) is 5.91 Å². The zero-order valence-electron chi connectivity index (χ0n) is 11.6. The predicted octanol–water partition coefficient (Wildman–Crippen LogP) is 4.54. The van der Waals surface area contributed by atoms with Crippen molar-refractivity contribution >= 4 is 39.1 Å². The lowest BCUT2D eigenvalue weighted by molar-refractivity contribution is 0.102. The number of halogens is 2. The van der Waals surface area contributed by atoms with Crippen molar-refractivity contribution in [3.63, 3.8) is 0 Å². The molecule has 2 rings (SSSR count). The molecule has 1 heterocycles. The Morgan fingerprint density at radius 2 is 2.10 bits per heavy atom. The van der Waals surface area contributed by atoms with E-state index >= 15 is 0 Å². The van der Waals surface area contributed by atoms with Gasteiger partial charge in [-0.1, -0.05) is 27.5 Å². The molecule has 4 nitrogen and oxygen atoms in total. The number of pyridine rings is 1. The summed E-state index contributed by atoms with van der Waals surface area (Å²) >= 11 is 9.08. The van der Waals surface area contributed by atoms with Crippen molar-refractivity contribution in [3.05, 3.63) is 51.7 Å². The van der Waals surface area contributed by atoms with E-state index in [2.05, 4.69) is 26.2 Å². The molecule has 0 spiro atoms. The van der Waals surface area contributed by atoms with Crippen LogP contribution >= 0.6 is 27.5 Å². The molecule has 0 fully saturated rings. The molecule has 0 aliphatic carbocycles. The Hall–Kier alpha value is -1.59. The van der Waals surface area contributed by atoms with Crippen LogP contribution in [0, 0.1) is 0 Å². The minimum Gasteiger partial charge on any atom is -0.490 e. The fourth-order valence-corrected chi connectivity index (χ4v) is 2.16. The smallest absolute Gasteiger partial charge is 0.259 e. The molecular formula is C15H14BrClN2O2. The van der Waals surface area contributed by atoms with Crippen LogP contribution in [0.2, 0.25) is 5.15 Å². The number of benzene rings is 1. The summed E-state index contributed by atoms with van der Waals surface area (Å²) in [4.78, 5) is 16.3. The first-order chi connectivity index (χ1) is 9.95. The maximum absolute atomic E-state index is 12.4. The van der Waals surface area contributed by atoms with E-state index < -0.39 is 0 Å². The van der Waals surface area contributed by atoms with E-state index in [1.807, 2.05) is 19.9 Å². The number of rotatable bonds is 4. The van der Waals surface area contributed by atoms with E-state index in [-0.39, 0.29) is 12.0 Å². The Balaban J connectivity index is 2.25. The molecule has 0 aliphatic heterocycles. The van der Waals surface area contributed by atoms with Gasteiger partial charge in [0, 0.05) is 4.47 Å². The summed E-state index contributed by atoms with van der Waals surface area (Å²) < 4.78 is 6.46. The highest BCUT2D eigenvalue weighted by Gasteiger charge is 2.14. The lowest BCUT2D eigenvalue weighted by Crippen LogP contribution is -2.16. The second kappa shape index (κ2) is 6.91. The molecule has 6 heteroatoms. The molecule has 0 atom stereocenters. The molecule has 1 amide bonds. The molecule has 0 saturated carbocycles. The van der Waals surface area contributed by atoms with Crippen LogP contribution in [0.4, 0.5) is 5.69 Å². The number of aromatic nitrogens is 1. The van der Waals surface area contributed by atoms with E-state index in [1.165, 1.54) is 6.20 Å². The molecule has 1 aromatic heterocycles. The van der Waals surface area contributed by atoms with Crippen molar-refractivity contribution in [2.24, 2.45) is 0 Å². The minimum atomic E-state index is -0.268. The number of anilines is 1. The molecule has 1 aromatic carbocycles. The summed E-state index contributed by atoms with van der Waals surface area (Å²) in [5, 5.41) is 3.14. The lowest BCUT2D eigenvalue weighted by atomic mass is 10.2. The maximum atomic E-state index is 12.4. The van der Waals surface area contributed by atoms with Gasteiger partial charge in [-0.3, -0.25) is 4.79 Å². The van der Waals surface area contributed by atoms with E-state index in [0.29, 0.717) is 22.2 Å². The maximum Gasteiger partial charge on any atom is 0.259 e. The zero-order chi connectivity index (χ0) is 15.4. The normalized spacial score (nSPS) is 10.5. The topological polar surface area (TPSA) is 51.2 Å². The van der Waals surface area contributed by atoms with E-state index in [9.17, 15) is 4.79 Å². The highest BCUT2D eigenvalue weighted by atomic mass is 79.9. The van der Waals surface area contributed by atoms with Gasteiger partial charge in [0.2, 0.25) is 0 Å². The fraction of sp³-hybridized carbons (Fsp3) is 0.200. The van der Waals surface area contributed by atoms with Crippen LogP contribution in [0.5, 0.6) is 5.75 Å². The summed E-state index contributed by atoms with van der Waals surface area (Å²) in [5.74, 6) is 0.267. The van der Waals surface area contributed by atoms with Crippen molar-refractivity contribution < 1.29 is 9.53 Å². The molecule has 110 valence electrons. The molecule has 0 aliphatic rings. The monoisotopic (exact) mass is 368 g/mol. The summed E-state index contributed by atoms with van der Waals surface area (Å²) in [6, 6.07) is 8.62. The molecule has 2 aromatic rings. The number of carbonyl (C=O) groups excluding carboxylic acids is 1. The molecule has 0 saturated heterocycles. The number of nitrogens with zero attached hydrogens (tertiary/aromatic N) is 1. The number of hydrogen-bond acceptors (Lipinski definition) is 3. The average Bonchev–Trinajstić information content (AvgIpc) is 2.43. The highest BCUT2D eigenvalue weighted by Crippen LogP contribution is 2.25. The SMILES string of the molecule is CC(C)Oc1ccc(Br)cc1C(=O)Nc1ccc(Cl)nc1. The summed E-state index contributed by atoms with van der Waals surface area (Å²) in [7, 11) is 0. The number of ether oxygens (including phenoxy) is 1. The van der Waals surface area contributed by atoms with Crippen LogP contribution in [0.15, 0.2) is 41.0 Å². The third-order valence-electron chi connectivity index (χ3n) is 2.53. The Labute approximate surface area is 136 Å². The summed E-state index contributed by atoms with van der Waals surface area (Å²) in [5.41, 5.74) is 1.02. The van der Waals surface area contributed by atoms with Crippen molar-refractivity contribution in [3.8, 4) is 5.75 Å². The van der Waals surface area contributed by atoms with Crippen LogP contribution < -0.4 is 10.1 Å². The molecular weight excluding hydrogens is 356 g/mol. The lowest BCUT2D eigenvalue weighted by Gasteiger charge is -2.14. The minimum absolute atomic E-state index is 0.0186. The van der Waals surface area contributed by atoms with Gasteiger partial charge in [0.05, 0.1) is 23.6 Å². The van der Waals surface area contributed by atoms with E-state index in [0.717, 1.165) is 4.47 Å². The molecule has 21 heavy (non-hydrogen) atoms. The van der Waals surface area contributed by atoms with Gasteiger partial charge < -0.3 is 10.1 Å². The fourth-order valence-electron chi connectivity index (χ4n) is 1.68. The first-order valence-corrected chi connectivity index (χ1v) is 7.52.